The molecule has 0 radical (unpaired) electrons. The second kappa shape index (κ2) is 18.8. The number of anilines is 2. The number of H-pyrrole nitrogens is 1. The number of carbonyl (C=O) groups excluding carboxylic acids is 1. The fourth-order valence-electron chi connectivity index (χ4n) is 9.82. The third-order valence-corrected chi connectivity index (χ3v) is 15.0. The van der Waals surface area contributed by atoms with Gasteiger partial charge in [0.2, 0.25) is 0 Å². The molecule has 2 aliphatic carbocycles. The molecule has 15 nitrogen and oxygen atoms in total. The summed E-state index contributed by atoms with van der Waals surface area (Å²) in [6.07, 6.45) is 9.24. The predicted octanol–water partition coefficient (Wildman–Crippen LogP) is 8.49. The Morgan fingerprint density at radius 3 is 2.55 bits per heavy atom. The number of nitrogens with zero attached hydrogens (tertiary/aromatic N) is 5. The van der Waals surface area contributed by atoms with E-state index in [9.17, 15) is 23.3 Å². The van der Waals surface area contributed by atoms with Crippen LogP contribution >= 0.6 is 11.6 Å². The van der Waals surface area contributed by atoms with Crippen LogP contribution in [0.3, 0.4) is 0 Å². The molecule has 3 aromatic carbocycles. The summed E-state index contributed by atoms with van der Waals surface area (Å²) in [4.78, 5) is 40.0. The third-order valence-electron chi connectivity index (χ3n) is 13.4. The van der Waals surface area contributed by atoms with Gasteiger partial charge < -0.3 is 24.7 Å². The monoisotopic (exact) mass is 922 g/mol. The summed E-state index contributed by atoms with van der Waals surface area (Å²) in [5.41, 5.74) is 5.61. The molecule has 3 N–H and O–H groups in total. The first-order chi connectivity index (χ1) is 31.3. The van der Waals surface area contributed by atoms with Crippen molar-refractivity contribution in [3.63, 3.8) is 0 Å². The Balaban J connectivity index is 0.928. The highest BCUT2D eigenvalue weighted by molar-refractivity contribution is 7.90. The van der Waals surface area contributed by atoms with E-state index in [2.05, 4.69) is 60.7 Å². The van der Waals surface area contributed by atoms with Crippen LogP contribution in [0, 0.1) is 15.5 Å². The van der Waals surface area contributed by atoms with Gasteiger partial charge in [-0.25, -0.2) is 18.1 Å². The minimum absolute atomic E-state index is 0.0322. The van der Waals surface area contributed by atoms with E-state index >= 15 is 0 Å². The van der Waals surface area contributed by atoms with Crippen LogP contribution in [0.15, 0.2) is 95.7 Å². The number of aromatic nitrogens is 2. The maximum Gasteiger partial charge on any atom is 0.293 e. The highest BCUT2D eigenvalue weighted by Gasteiger charge is 2.35. The fourth-order valence-corrected chi connectivity index (χ4v) is 10.9. The highest BCUT2D eigenvalue weighted by atomic mass is 35.5. The van der Waals surface area contributed by atoms with Crippen LogP contribution in [0.25, 0.3) is 16.6 Å². The quantitative estimate of drug-likeness (QED) is 0.0760. The van der Waals surface area contributed by atoms with Gasteiger partial charge in [0.15, 0.2) is 0 Å². The van der Waals surface area contributed by atoms with E-state index in [0.29, 0.717) is 24.6 Å². The van der Waals surface area contributed by atoms with Crippen molar-refractivity contribution in [2.45, 2.75) is 69.4 Å². The van der Waals surface area contributed by atoms with Crippen LogP contribution in [0.4, 0.5) is 17.1 Å². The van der Waals surface area contributed by atoms with E-state index in [1.165, 1.54) is 35.0 Å². The number of piperazine rings is 1. The number of nitro benzene ring substituents is 1. The van der Waals surface area contributed by atoms with Crippen LogP contribution in [0.5, 0.6) is 11.5 Å². The molecule has 3 fully saturated rings. The number of sulfonamides is 1. The summed E-state index contributed by atoms with van der Waals surface area (Å²) in [6, 6.07) is 20.7. The second-order valence-electron chi connectivity index (χ2n) is 18.3. The molecular formula is C48H55ClN8O7S. The van der Waals surface area contributed by atoms with Crippen LogP contribution in [0.1, 0.15) is 68.3 Å². The van der Waals surface area contributed by atoms with Gasteiger partial charge in [0.05, 0.1) is 34.8 Å². The predicted molar refractivity (Wildman–Crippen MR) is 252 cm³/mol. The normalized spacial score (nSPS) is 20.8. The molecule has 1 amide bonds. The van der Waals surface area contributed by atoms with Gasteiger partial charge in [-0.05, 0) is 104 Å². The fraction of sp³-hybridized carbons (Fsp3) is 0.417. The zero-order chi connectivity index (χ0) is 45.3. The number of rotatable bonds is 13. The maximum atomic E-state index is 14.0. The third kappa shape index (κ3) is 10.2. The van der Waals surface area contributed by atoms with Crippen molar-refractivity contribution in [3.05, 3.63) is 117 Å². The molecule has 2 saturated heterocycles. The number of benzene rings is 3. The van der Waals surface area contributed by atoms with Gasteiger partial charge in [0, 0.05) is 92.3 Å². The average molecular weight is 924 g/mol. The van der Waals surface area contributed by atoms with Crippen LogP contribution in [-0.4, -0.2) is 110 Å². The molecule has 4 aliphatic rings. The van der Waals surface area contributed by atoms with E-state index in [1.54, 1.807) is 30.5 Å². The standard InChI is InChI=1S/C48H55ClN8O7S/c1-48(2)16-14-34(40(29-48)32-6-8-35(49)9-7-32)31-54-18-20-55(21-19-54)36-10-12-39(45(27-36)64-37-26-33-15-17-50-46(33)51-30-37)47(58)53-65(61,62)38-11-13-42(44(28-38)57(59)60)52-41-4-3-5-43(41)56-22-24-63-25-23-56/h6-13,15,17,26-28,30,41,43,52H,3-5,14,16,18-25,29,31H2,1-2H3,(H,50,51)(H,53,58)/t41?,43-/m0/s1. The first kappa shape index (κ1) is 44.7. The average Bonchev–Trinajstić information content (AvgIpc) is 3.97. The van der Waals surface area contributed by atoms with E-state index < -0.39 is 31.4 Å². The number of morpholine rings is 1. The molecule has 4 heterocycles. The van der Waals surface area contributed by atoms with E-state index in [0.717, 1.165) is 107 Å². The summed E-state index contributed by atoms with van der Waals surface area (Å²) < 4.78 is 41.7. The molecule has 0 bridgehead atoms. The van der Waals surface area contributed by atoms with Crippen molar-refractivity contribution >= 4 is 61.2 Å². The molecule has 2 atom stereocenters. The Morgan fingerprint density at radius 1 is 1.00 bits per heavy atom. The summed E-state index contributed by atoms with van der Waals surface area (Å²) in [6.45, 7) is 11.5. The lowest BCUT2D eigenvalue weighted by atomic mass is 9.72. The molecule has 17 heteroatoms. The topological polar surface area (TPSA) is 175 Å². The number of allylic oxidation sites excluding steroid dienone is 1. The number of amides is 1. The molecule has 1 saturated carbocycles. The number of pyridine rings is 1. The first-order valence-electron chi connectivity index (χ1n) is 22.4. The molecule has 0 spiro atoms. The number of nitro groups is 1. The number of nitrogens with one attached hydrogen (secondary N) is 3. The van der Waals surface area contributed by atoms with E-state index in [1.807, 2.05) is 18.2 Å². The van der Waals surface area contributed by atoms with Gasteiger partial charge in [-0.3, -0.25) is 24.7 Å². The smallest absolute Gasteiger partial charge is 0.293 e. The summed E-state index contributed by atoms with van der Waals surface area (Å²) in [5.74, 6) is -0.460. The van der Waals surface area contributed by atoms with Crippen molar-refractivity contribution in [1.82, 2.24) is 24.5 Å². The van der Waals surface area contributed by atoms with Crippen molar-refractivity contribution < 1.29 is 27.6 Å². The number of carbonyl (C=O) groups is 1. The Labute approximate surface area is 384 Å². The van der Waals surface area contributed by atoms with E-state index in [4.69, 9.17) is 21.1 Å². The second-order valence-corrected chi connectivity index (χ2v) is 20.4. The van der Waals surface area contributed by atoms with Crippen LogP contribution in [-0.2, 0) is 14.8 Å². The minimum Gasteiger partial charge on any atom is -0.455 e. The molecular weight excluding hydrogens is 868 g/mol. The molecule has 1 unspecified atom stereocenters. The van der Waals surface area contributed by atoms with Gasteiger partial charge in [-0.1, -0.05) is 43.2 Å². The Bertz CT molecular complexity index is 2710. The number of halogens is 1. The molecule has 5 aromatic rings. The summed E-state index contributed by atoms with van der Waals surface area (Å²) >= 11 is 6.25. The lowest BCUT2D eigenvalue weighted by Gasteiger charge is -2.39. The molecule has 342 valence electrons. The summed E-state index contributed by atoms with van der Waals surface area (Å²) in [5, 5.41) is 17.2. The largest absolute Gasteiger partial charge is 0.455 e. The van der Waals surface area contributed by atoms with Gasteiger partial charge in [-0.15, -0.1) is 0 Å². The van der Waals surface area contributed by atoms with Crippen molar-refractivity contribution in [2.75, 3.05) is 69.2 Å². The molecule has 9 rings (SSSR count). The SMILES string of the molecule is CC1(C)CCC(CN2CCN(c3ccc(C(=O)NS(=O)(=O)c4ccc(NC5CCC[C@@H]5N5CCOCC5)c([N+](=O)[O-])c4)c(Oc4cnc5[nH]ccc5c4)c3)CC2)=C(c2ccc(Cl)cc2)C1. The van der Waals surface area contributed by atoms with Gasteiger partial charge in [0.25, 0.3) is 21.6 Å². The van der Waals surface area contributed by atoms with Gasteiger partial charge in [-0.2, -0.15) is 0 Å². The number of ether oxygens (including phenoxy) is 2. The van der Waals surface area contributed by atoms with Crippen LogP contribution < -0.4 is 19.7 Å². The number of aromatic amines is 1. The van der Waals surface area contributed by atoms with Crippen molar-refractivity contribution in [2.24, 2.45) is 5.41 Å². The maximum absolute atomic E-state index is 14.0. The molecule has 2 aromatic heterocycles. The van der Waals surface area contributed by atoms with Gasteiger partial charge >= 0.3 is 0 Å². The Morgan fingerprint density at radius 2 is 1.78 bits per heavy atom. The lowest BCUT2D eigenvalue weighted by molar-refractivity contribution is -0.384. The number of hydrogen-bond acceptors (Lipinski definition) is 12. The van der Waals surface area contributed by atoms with Crippen molar-refractivity contribution in [1.29, 1.82) is 0 Å². The van der Waals surface area contributed by atoms with Crippen LogP contribution in [0.2, 0.25) is 5.02 Å². The zero-order valence-corrected chi connectivity index (χ0v) is 38.3. The highest BCUT2D eigenvalue weighted by Crippen LogP contribution is 2.44. The number of hydrogen-bond donors (Lipinski definition) is 3. The molecule has 65 heavy (non-hydrogen) atoms. The Hall–Kier alpha value is -5.52. The van der Waals surface area contributed by atoms with Gasteiger partial charge in [0.1, 0.15) is 22.8 Å². The number of fused-ring (bicyclic) bond motifs is 1. The van der Waals surface area contributed by atoms with E-state index in [-0.39, 0.29) is 34.5 Å². The molecule has 2 aliphatic heterocycles. The summed E-state index contributed by atoms with van der Waals surface area (Å²) in [7, 11) is -4.58. The Kier molecular flexibility index (Phi) is 12.9. The minimum atomic E-state index is -4.58. The lowest BCUT2D eigenvalue weighted by Crippen LogP contribution is -2.48. The van der Waals surface area contributed by atoms with Crippen molar-refractivity contribution in [3.8, 4) is 11.5 Å². The zero-order valence-electron chi connectivity index (χ0n) is 36.7. The first-order valence-corrected chi connectivity index (χ1v) is 24.3.